The van der Waals surface area contributed by atoms with Crippen molar-refractivity contribution in [1.29, 1.82) is 0 Å². The van der Waals surface area contributed by atoms with E-state index in [0.29, 0.717) is 17.0 Å². The Labute approximate surface area is 131 Å². The summed E-state index contributed by atoms with van der Waals surface area (Å²) in [4.78, 5) is 20.8. The van der Waals surface area contributed by atoms with E-state index in [4.69, 9.17) is 11.6 Å². The highest BCUT2D eigenvalue weighted by atomic mass is 35.5. The zero-order valence-corrected chi connectivity index (χ0v) is 12.6. The molecule has 0 amide bonds. The maximum atomic E-state index is 12.1. The highest BCUT2D eigenvalue weighted by Gasteiger charge is 2.11. The lowest BCUT2D eigenvalue weighted by atomic mass is 10.1. The SMILES string of the molecule is O=C(Cc1csc(-c2ccc(Cl)cn2)n1)c1ccccc1. The van der Waals surface area contributed by atoms with Gasteiger partial charge in [0.25, 0.3) is 0 Å². The Hall–Kier alpha value is -2.04. The third-order valence-electron chi connectivity index (χ3n) is 2.94. The van der Waals surface area contributed by atoms with Gasteiger partial charge in [-0.05, 0) is 12.1 Å². The molecule has 0 saturated carbocycles. The first kappa shape index (κ1) is 13.9. The molecule has 0 atom stereocenters. The molecule has 0 spiro atoms. The number of nitrogens with zero attached hydrogens (tertiary/aromatic N) is 2. The van der Waals surface area contributed by atoms with E-state index in [1.54, 1.807) is 12.3 Å². The number of thiazole rings is 1. The maximum Gasteiger partial charge on any atom is 0.168 e. The van der Waals surface area contributed by atoms with Crippen molar-refractivity contribution in [2.45, 2.75) is 6.42 Å². The van der Waals surface area contributed by atoms with E-state index < -0.39 is 0 Å². The Morgan fingerprint density at radius 1 is 1.14 bits per heavy atom. The van der Waals surface area contributed by atoms with Crippen LogP contribution in [-0.4, -0.2) is 15.8 Å². The van der Waals surface area contributed by atoms with E-state index in [0.717, 1.165) is 16.4 Å². The predicted molar refractivity (Wildman–Crippen MR) is 84.8 cm³/mol. The van der Waals surface area contributed by atoms with Crippen molar-refractivity contribution in [3.63, 3.8) is 0 Å². The van der Waals surface area contributed by atoms with Gasteiger partial charge in [0.05, 0.1) is 22.8 Å². The van der Waals surface area contributed by atoms with Crippen molar-refractivity contribution in [2.75, 3.05) is 0 Å². The maximum absolute atomic E-state index is 12.1. The van der Waals surface area contributed by atoms with Gasteiger partial charge in [-0.15, -0.1) is 11.3 Å². The number of rotatable bonds is 4. The van der Waals surface area contributed by atoms with Gasteiger partial charge in [-0.2, -0.15) is 0 Å². The van der Waals surface area contributed by atoms with E-state index >= 15 is 0 Å². The molecule has 0 unspecified atom stereocenters. The highest BCUT2D eigenvalue weighted by molar-refractivity contribution is 7.13. The van der Waals surface area contributed by atoms with Gasteiger partial charge in [0.15, 0.2) is 5.78 Å². The van der Waals surface area contributed by atoms with Gasteiger partial charge in [0.1, 0.15) is 5.01 Å². The van der Waals surface area contributed by atoms with Gasteiger partial charge in [0, 0.05) is 17.1 Å². The number of aromatic nitrogens is 2. The fourth-order valence-electron chi connectivity index (χ4n) is 1.90. The molecule has 3 aromatic rings. The van der Waals surface area contributed by atoms with Crippen LogP contribution >= 0.6 is 22.9 Å². The van der Waals surface area contributed by atoms with Crippen LogP contribution in [0.2, 0.25) is 5.02 Å². The summed E-state index contributed by atoms with van der Waals surface area (Å²) >= 11 is 7.29. The van der Waals surface area contributed by atoms with Crippen molar-refractivity contribution in [2.24, 2.45) is 0 Å². The third kappa shape index (κ3) is 3.35. The zero-order chi connectivity index (χ0) is 14.7. The van der Waals surface area contributed by atoms with E-state index in [2.05, 4.69) is 9.97 Å². The summed E-state index contributed by atoms with van der Waals surface area (Å²) in [6.07, 6.45) is 1.89. The molecule has 21 heavy (non-hydrogen) atoms. The van der Waals surface area contributed by atoms with E-state index in [1.807, 2.05) is 41.8 Å². The quantitative estimate of drug-likeness (QED) is 0.675. The number of halogens is 1. The van der Waals surface area contributed by atoms with Crippen LogP contribution in [0.5, 0.6) is 0 Å². The predicted octanol–water partition coefficient (Wildman–Crippen LogP) is 4.28. The molecule has 0 radical (unpaired) electrons. The minimum absolute atomic E-state index is 0.0662. The molecule has 5 heteroatoms. The average molecular weight is 315 g/mol. The highest BCUT2D eigenvalue weighted by Crippen LogP contribution is 2.23. The summed E-state index contributed by atoms with van der Waals surface area (Å²) in [5, 5.41) is 3.28. The molecular formula is C16H11ClN2OS. The molecule has 0 aliphatic rings. The van der Waals surface area contributed by atoms with Gasteiger partial charge in [-0.25, -0.2) is 4.98 Å². The van der Waals surface area contributed by atoms with Crippen LogP contribution in [0.4, 0.5) is 0 Å². The summed E-state index contributed by atoms with van der Waals surface area (Å²) in [5.41, 5.74) is 2.24. The summed E-state index contributed by atoms with van der Waals surface area (Å²) < 4.78 is 0. The monoisotopic (exact) mass is 314 g/mol. The standard InChI is InChI=1S/C16H11ClN2OS/c17-12-6-7-14(18-9-12)16-19-13(10-21-16)8-15(20)11-4-2-1-3-5-11/h1-7,9-10H,8H2. The number of pyridine rings is 1. The average Bonchev–Trinajstić information content (AvgIpc) is 2.97. The van der Waals surface area contributed by atoms with Crippen LogP contribution in [0, 0.1) is 0 Å². The van der Waals surface area contributed by atoms with Crippen molar-refractivity contribution < 1.29 is 4.79 Å². The molecular weight excluding hydrogens is 304 g/mol. The van der Waals surface area contributed by atoms with Crippen molar-refractivity contribution in [1.82, 2.24) is 9.97 Å². The Kier molecular flexibility index (Phi) is 4.08. The zero-order valence-electron chi connectivity index (χ0n) is 11.0. The Morgan fingerprint density at radius 3 is 2.67 bits per heavy atom. The fraction of sp³-hybridized carbons (Fsp3) is 0.0625. The van der Waals surface area contributed by atoms with Crippen LogP contribution in [-0.2, 0) is 6.42 Å². The van der Waals surface area contributed by atoms with Gasteiger partial charge in [0.2, 0.25) is 0 Å². The third-order valence-corrected chi connectivity index (χ3v) is 4.07. The smallest absolute Gasteiger partial charge is 0.168 e. The summed E-state index contributed by atoms with van der Waals surface area (Å²) in [5.74, 6) is 0.0662. The molecule has 0 saturated heterocycles. The number of benzene rings is 1. The minimum Gasteiger partial charge on any atom is -0.294 e. The molecule has 0 aliphatic carbocycles. The molecule has 3 nitrogen and oxygen atoms in total. The number of Topliss-reactive ketones (excluding diaryl/α,β-unsaturated/α-hetero) is 1. The summed E-state index contributed by atoms with van der Waals surface area (Å²) in [6.45, 7) is 0. The van der Waals surface area contributed by atoms with Crippen LogP contribution in [0.3, 0.4) is 0 Å². The van der Waals surface area contributed by atoms with Gasteiger partial charge in [-0.3, -0.25) is 9.78 Å². The fourth-order valence-corrected chi connectivity index (χ4v) is 2.81. The number of carbonyl (C=O) groups is 1. The van der Waals surface area contributed by atoms with Crippen LogP contribution in [0.1, 0.15) is 16.1 Å². The minimum atomic E-state index is 0.0662. The normalized spacial score (nSPS) is 10.5. The first-order chi connectivity index (χ1) is 10.2. The first-order valence-electron chi connectivity index (χ1n) is 6.37. The largest absolute Gasteiger partial charge is 0.294 e. The molecule has 0 bridgehead atoms. The second kappa shape index (κ2) is 6.16. The Balaban J connectivity index is 1.76. The van der Waals surface area contributed by atoms with Crippen molar-refractivity contribution in [3.05, 3.63) is 70.3 Å². The number of hydrogen-bond acceptors (Lipinski definition) is 4. The van der Waals surface area contributed by atoms with E-state index in [1.165, 1.54) is 11.3 Å². The second-order valence-electron chi connectivity index (χ2n) is 4.47. The molecule has 1 aromatic carbocycles. The lowest BCUT2D eigenvalue weighted by molar-refractivity contribution is 0.0992. The second-order valence-corrected chi connectivity index (χ2v) is 5.77. The number of ketones is 1. The molecule has 2 aromatic heterocycles. The first-order valence-corrected chi connectivity index (χ1v) is 7.63. The lowest BCUT2D eigenvalue weighted by Gasteiger charge is -1.98. The molecule has 3 rings (SSSR count). The van der Waals surface area contributed by atoms with Gasteiger partial charge >= 0.3 is 0 Å². The molecule has 0 aliphatic heterocycles. The molecule has 0 N–H and O–H groups in total. The van der Waals surface area contributed by atoms with E-state index in [-0.39, 0.29) is 5.78 Å². The number of hydrogen-bond donors (Lipinski definition) is 0. The Morgan fingerprint density at radius 2 is 1.95 bits per heavy atom. The van der Waals surface area contributed by atoms with Crippen LogP contribution in [0.15, 0.2) is 54.0 Å². The van der Waals surface area contributed by atoms with E-state index in [9.17, 15) is 4.79 Å². The lowest BCUT2D eigenvalue weighted by Crippen LogP contribution is -2.03. The molecule has 104 valence electrons. The molecule has 0 fully saturated rings. The Bertz CT molecular complexity index is 753. The molecule has 2 heterocycles. The van der Waals surface area contributed by atoms with Gasteiger partial charge < -0.3 is 0 Å². The topological polar surface area (TPSA) is 42.9 Å². The summed E-state index contributed by atoms with van der Waals surface area (Å²) in [7, 11) is 0. The van der Waals surface area contributed by atoms with Crippen molar-refractivity contribution in [3.8, 4) is 10.7 Å². The number of carbonyl (C=O) groups excluding carboxylic acids is 1. The van der Waals surface area contributed by atoms with Crippen LogP contribution in [0.25, 0.3) is 10.7 Å². The summed E-state index contributed by atoms with van der Waals surface area (Å²) in [6, 6.07) is 12.8. The van der Waals surface area contributed by atoms with Crippen molar-refractivity contribution >= 4 is 28.7 Å². The van der Waals surface area contributed by atoms with Gasteiger partial charge in [-0.1, -0.05) is 41.9 Å². The van der Waals surface area contributed by atoms with Crippen LogP contribution < -0.4 is 0 Å².